The molecule has 4 heteroatoms. The molecule has 0 unspecified atom stereocenters. The van der Waals surface area contributed by atoms with Crippen molar-refractivity contribution in [2.75, 3.05) is 11.5 Å². The van der Waals surface area contributed by atoms with E-state index in [1.54, 1.807) is 0 Å². The minimum Gasteiger partial charge on any atom is -0.308 e. The monoisotopic (exact) mass is 239 g/mol. The highest BCUT2D eigenvalue weighted by Gasteiger charge is 2.13. The molecule has 0 saturated carbocycles. The van der Waals surface area contributed by atoms with Gasteiger partial charge in [0.05, 0.1) is 11.4 Å². The van der Waals surface area contributed by atoms with Gasteiger partial charge in [-0.25, -0.2) is 0 Å². The van der Waals surface area contributed by atoms with E-state index in [4.69, 9.17) is 0 Å². The van der Waals surface area contributed by atoms with E-state index in [-0.39, 0.29) is 0 Å². The minimum atomic E-state index is 0.710. The maximum absolute atomic E-state index is 4.47. The highest BCUT2D eigenvalue weighted by atomic mass is 32.2. The van der Waals surface area contributed by atoms with Gasteiger partial charge in [0.2, 0.25) is 0 Å². The molecule has 0 atom stereocenters. The number of rotatable bonds is 4. The third kappa shape index (κ3) is 3.01. The molecule has 3 nitrogen and oxygen atoms in total. The van der Waals surface area contributed by atoms with Crippen LogP contribution in [0.25, 0.3) is 0 Å². The standard InChI is InChI=1S/C12H21N3S/c1-3-15-12(8-10(2)14-15)9-13-11-4-6-16-7-5-11/h8,11,13H,3-7,9H2,1-2H3. The van der Waals surface area contributed by atoms with Crippen LogP contribution in [0.15, 0.2) is 6.07 Å². The molecule has 0 spiro atoms. The van der Waals surface area contributed by atoms with Crippen LogP contribution >= 0.6 is 11.8 Å². The third-order valence-electron chi connectivity index (χ3n) is 3.08. The molecule has 90 valence electrons. The first-order valence-electron chi connectivity index (χ1n) is 6.14. The van der Waals surface area contributed by atoms with E-state index < -0.39 is 0 Å². The molecule has 2 rings (SSSR count). The molecule has 0 aliphatic carbocycles. The van der Waals surface area contributed by atoms with Gasteiger partial charge < -0.3 is 5.32 Å². The Hall–Kier alpha value is -0.480. The smallest absolute Gasteiger partial charge is 0.0597 e. The number of aromatic nitrogens is 2. The zero-order valence-electron chi connectivity index (χ0n) is 10.2. The first-order valence-corrected chi connectivity index (χ1v) is 7.29. The van der Waals surface area contributed by atoms with Gasteiger partial charge >= 0.3 is 0 Å². The largest absolute Gasteiger partial charge is 0.308 e. The van der Waals surface area contributed by atoms with Crippen LogP contribution in [0, 0.1) is 6.92 Å². The summed E-state index contributed by atoms with van der Waals surface area (Å²) < 4.78 is 2.10. The molecule has 16 heavy (non-hydrogen) atoms. The lowest BCUT2D eigenvalue weighted by atomic mass is 10.1. The van der Waals surface area contributed by atoms with Crippen molar-refractivity contribution in [3.8, 4) is 0 Å². The Morgan fingerprint density at radius 2 is 2.25 bits per heavy atom. The maximum Gasteiger partial charge on any atom is 0.0597 e. The van der Waals surface area contributed by atoms with Crippen LogP contribution in [0.3, 0.4) is 0 Å². The molecule has 1 saturated heterocycles. The summed E-state index contributed by atoms with van der Waals surface area (Å²) >= 11 is 2.07. The van der Waals surface area contributed by atoms with Crippen LogP contribution in [-0.2, 0) is 13.1 Å². The average molecular weight is 239 g/mol. The number of nitrogens with zero attached hydrogens (tertiary/aromatic N) is 2. The molecule has 1 aromatic heterocycles. The SMILES string of the molecule is CCn1nc(C)cc1CNC1CCSCC1. The number of hydrogen-bond donors (Lipinski definition) is 1. The molecule has 0 radical (unpaired) electrons. The molecule has 0 bridgehead atoms. The van der Waals surface area contributed by atoms with Crippen LogP contribution in [0.4, 0.5) is 0 Å². The fourth-order valence-corrected chi connectivity index (χ4v) is 3.27. The quantitative estimate of drug-likeness (QED) is 0.873. The molecule has 1 fully saturated rings. The van der Waals surface area contributed by atoms with Crippen LogP contribution < -0.4 is 5.32 Å². The summed E-state index contributed by atoms with van der Waals surface area (Å²) in [6.07, 6.45) is 2.62. The Bertz CT molecular complexity index is 329. The highest BCUT2D eigenvalue weighted by Crippen LogP contribution is 2.17. The summed E-state index contributed by atoms with van der Waals surface area (Å²) in [5.41, 5.74) is 2.44. The first-order chi connectivity index (χ1) is 7.79. The Balaban J connectivity index is 1.87. The molecule has 1 aromatic rings. The summed E-state index contributed by atoms with van der Waals surface area (Å²) in [6.45, 7) is 6.13. The van der Waals surface area contributed by atoms with E-state index in [1.165, 1.54) is 30.0 Å². The molecule has 1 aliphatic heterocycles. The van der Waals surface area contributed by atoms with Gasteiger partial charge in [-0.1, -0.05) is 0 Å². The van der Waals surface area contributed by atoms with Gasteiger partial charge in [-0.3, -0.25) is 4.68 Å². The topological polar surface area (TPSA) is 29.9 Å². The predicted molar refractivity (Wildman–Crippen MR) is 69.8 cm³/mol. The van der Waals surface area contributed by atoms with Gasteiger partial charge in [0.1, 0.15) is 0 Å². The van der Waals surface area contributed by atoms with Crippen molar-refractivity contribution >= 4 is 11.8 Å². The fraction of sp³-hybridized carbons (Fsp3) is 0.750. The van der Waals surface area contributed by atoms with Gasteiger partial charge in [-0.15, -0.1) is 0 Å². The van der Waals surface area contributed by atoms with Crippen molar-refractivity contribution in [3.05, 3.63) is 17.5 Å². The third-order valence-corrected chi connectivity index (χ3v) is 4.13. The number of aryl methyl sites for hydroxylation is 2. The zero-order chi connectivity index (χ0) is 11.4. The second-order valence-corrected chi connectivity index (χ2v) is 5.59. The van der Waals surface area contributed by atoms with Crippen molar-refractivity contribution in [2.45, 2.75) is 45.8 Å². The molecule has 0 aromatic carbocycles. The van der Waals surface area contributed by atoms with E-state index >= 15 is 0 Å². The van der Waals surface area contributed by atoms with Gasteiger partial charge in [-0.05, 0) is 44.3 Å². The molecule has 1 aliphatic rings. The summed E-state index contributed by atoms with van der Waals surface area (Å²) in [5.74, 6) is 2.62. The molecule has 2 heterocycles. The Kier molecular flexibility index (Phi) is 4.29. The van der Waals surface area contributed by atoms with Crippen molar-refractivity contribution < 1.29 is 0 Å². The number of hydrogen-bond acceptors (Lipinski definition) is 3. The van der Waals surface area contributed by atoms with Gasteiger partial charge in [0.15, 0.2) is 0 Å². The average Bonchev–Trinajstić information content (AvgIpc) is 2.68. The summed E-state index contributed by atoms with van der Waals surface area (Å²) in [5, 5.41) is 8.12. The Morgan fingerprint density at radius 1 is 1.50 bits per heavy atom. The maximum atomic E-state index is 4.47. The van der Waals surface area contributed by atoms with E-state index in [0.717, 1.165) is 18.8 Å². The fourth-order valence-electron chi connectivity index (χ4n) is 2.17. The molecular formula is C12H21N3S. The van der Waals surface area contributed by atoms with Crippen LogP contribution in [0.5, 0.6) is 0 Å². The molecule has 1 N–H and O–H groups in total. The second kappa shape index (κ2) is 5.73. The highest BCUT2D eigenvalue weighted by molar-refractivity contribution is 7.99. The lowest BCUT2D eigenvalue weighted by Gasteiger charge is -2.22. The lowest BCUT2D eigenvalue weighted by Crippen LogP contribution is -2.32. The van der Waals surface area contributed by atoms with E-state index in [1.807, 2.05) is 0 Å². The van der Waals surface area contributed by atoms with E-state index in [9.17, 15) is 0 Å². The zero-order valence-corrected chi connectivity index (χ0v) is 11.0. The predicted octanol–water partition coefficient (Wildman–Crippen LogP) is 2.20. The molecular weight excluding hydrogens is 218 g/mol. The van der Waals surface area contributed by atoms with E-state index in [2.05, 4.69) is 46.8 Å². The second-order valence-electron chi connectivity index (χ2n) is 4.36. The number of thioether (sulfide) groups is 1. The van der Waals surface area contributed by atoms with Crippen molar-refractivity contribution in [3.63, 3.8) is 0 Å². The lowest BCUT2D eigenvalue weighted by molar-refractivity contribution is 0.465. The Labute approximate surface area is 102 Å². The first kappa shape index (κ1) is 12.0. The van der Waals surface area contributed by atoms with Crippen LogP contribution in [0.1, 0.15) is 31.2 Å². The van der Waals surface area contributed by atoms with Gasteiger partial charge in [-0.2, -0.15) is 16.9 Å². The summed E-state index contributed by atoms with van der Waals surface area (Å²) in [6, 6.07) is 2.90. The molecule has 0 amide bonds. The normalized spacial score (nSPS) is 17.9. The number of nitrogens with one attached hydrogen (secondary N) is 1. The summed E-state index contributed by atoms with van der Waals surface area (Å²) in [4.78, 5) is 0. The van der Waals surface area contributed by atoms with Crippen LogP contribution in [-0.4, -0.2) is 27.3 Å². The Morgan fingerprint density at radius 3 is 2.94 bits per heavy atom. The van der Waals surface area contributed by atoms with Crippen LogP contribution in [0.2, 0.25) is 0 Å². The van der Waals surface area contributed by atoms with Gasteiger partial charge in [0.25, 0.3) is 0 Å². The van der Waals surface area contributed by atoms with Crippen molar-refractivity contribution in [2.24, 2.45) is 0 Å². The summed E-state index contributed by atoms with van der Waals surface area (Å²) in [7, 11) is 0. The van der Waals surface area contributed by atoms with Crippen molar-refractivity contribution in [1.82, 2.24) is 15.1 Å². The van der Waals surface area contributed by atoms with Gasteiger partial charge in [0, 0.05) is 19.1 Å². The minimum absolute atomic E-state index is 0.710. The van der Waals surface area contributed by atoms with Crippen molar-refractivity contribution in [1.29, 1.82) is 0 Å². The van der Waals surface area contributed by atoms with E-state index in [0.29, 0.717) is 6.04 Å².